The van der Waals surface area contributed by atoms with Crippen LogP contribution in [0.3, 0.4) is 0 Å². The van der Waals surface area contributed by atoms with E-state index in [4.69, 9.17) is 10.1 Å². The van der Waals surface area contributed by atoms with Gasteiger partial charge in [0.15, 0.2) is 5.78 Å². The molecule has 1 atom stereocenters. The number of nitrogens with zero attached hydrogens (tertiary/aromatic N) is 2. The van der Waals surface area contributed by atoms with E-state index in [0.29, 0.717) is 29.9 Å². The summed E-state index contributed by atoms with van der Waals surface area (Å²) in [6.45, 7) is 3.96. The normalized spacial score (nSPS) is 15.9. The van der Waals surface area contributed by atoms with Gasteiger partial charge < -0.3 is 15.5 Å². The third-order valence-electron chi connectivity index (χ3n) is 5.25. The first-order chi connectivity index (χ1) is 15.9. The van der Waals surface area contributed by atoms with Crippen LogP contribution in [0.15, 0.2) is 52.2 Å². The first-order valence-corrected chi connectivity index (χ1v) is 11.8. The smallest absolute Gasteiger partial charge is 0.229 e. The van der Waals surface area contributed by atoms with Gasteiger partial charge >= 0.3 is 0 Å². The fraction of sp³-hybridized carbons (Fsp3) is 0.320. The minimum Gasteiger partial charge on any atom is -0.481 e. The summed E-state index contributed by atoms with van der Waals surface area (Å²) in [7, 11) is 1.47. The number of hydrogen-bond acceptors (Lipinski definition) is 7. The summed E-state index contributed by atoms with van der Waals surface area (Å²) in [6, 6.07) is 9.73. The van der Waals surface area contributed by atoms with Gasteiger partial charge in [0.2, 0.25) is 11.8 Å². The van der Waals surface area contributed by atoms with Gasteiger partial charge in [0, 0.05) is 29.0 Å². The Labute approximate surface area is 198 Å². The Bertz CT molecular complexity index is 1090. The lowest BCUT2D eigenvalue weighted by molar-refractivity contribution is -0.115. The zero-order chi connectivity index (χ0) is 23.8. The number of aliphatic imine (C=N–C) groups is 1. The lowest BCUT2D eigenvalue weighted by atomic mass is 9.84. The molecule has 8 heteroatoms. The standard InChI is InChI=1S/C25H28N4O3S/c1-4-33-19-8-5-17(6-9-19)14-22(30)29-21-13-16(2)24-20(28-21)10-7-18(25(24)31)15-27-23(32-3)11-12-26/h5-6,8-9,11-13,15,18,26H,4,7,10,14H2,1-3H3,(H,28,29,30)/b23-11+,26-12?,27-15?. The van der Waals surface area contributed by atoms with Gasteiger partial charge in [-0.1, -0.05) is 19.1 Å². The van der Waals surface area contributed by atoms with Crippen LogP contribution in [0, 0.1) is 18.3 Å². The molecule has 1 amide bonds. The molecule has 1 unspecified atom stereocenters. The molecule has 7 nitrogen and oxygen atoms in total. The molecule has 172 valence electrons. The molecule has 0 bridgehead atoms. The van der Waals surface area contributed by atoms with Crippen molar-refractivity contribution in [3.63, 3.8) is 0 Å². The second-order valence-corrected chi connectivity index (χ2v) is 8.95. The van der Waals surface area contributed by atoms with Gasteiger partial charge in [-0.05, 0) is 54.8 Å². The van der Waals surface area contributed by atoms with Gasteiger partial charge in [-0.15, -0.1) is 11.8 Å². The molecular formula is C25H28N4O3S. The molecule has 1 aliphatic carbocycles. The maximum Gasteiger partial charge on any atom is 0.229 e. The van der Waals surface area contributed by atoms with Gasteiger partial charge in [-0.2, -0.15) is 0 Å². The van der Waals surface area contributed by atoms with Gasteiger partial charge in [0.1, 0.15) is 5.82 Å². The monoisotopic (exact) mass is 464 g/mol. The molecule has 1 heterocycles. The van der Waals surface area contributed by atoms with Crippen molar-refractivity contribution in [3.8, 4) is 0 Å². The third kappa shape index (κ3) is 6.38. The van der Waals surface area contributed by atoms with Crippen LogP contribution >= 0.6 is 11.8 Å². The van der Waals surface area contributed by atoms with Crippen LogP contribution < -0.4 is 5.32 Å². The van der Waals surface area contributed by atoms with Gasteiger partial charge in [0.05, 0.1) is 25.1 Å². The highest BCUT2D eigenvalue weighted by Crippen LogP contribution is 2.28. The van der Waals surface area contributed by atoms with E-state index in [0.717, 1.165) is 23.1 Å². The average Bonchev–Trinajstić information content (AvgIpc) is 2.79. The molecule has 2 N–H and O–H groups in total. The number of ether oxygens (including phenoxy) is 1. The molecule has 0 saturated carbocycles. The first-order valence-electron chi connectivity index (χ1n) is 10.8. The predicted molar refractivity (Wildman–Crippen MR) is 133 cm³/mol. The SMILES string of the molecule is CCSc1ccc(CC(=O)Nc2cc(C)c3c(n2)CCC(C=N/C(=C\C=N)OC)C3=O)cc1. The van der Waals surface area contributed by atoms with Gasteiger partial charge in [-0.3, -0.25) is 9.59 Å². The second-order valence-electron chi connectivity index (χ2n) is 7.61. The van der Waals surface area contributed by atoms with E-state index >= 15 is 0 Å². The van der Waals surface area contributed by atoms with Crippen LogP contribution in [0.5, 0.6) is 0 Å². The molecule has 1 aliphatic rings. The Kier molecular flexibility index (Phi) is 8.54. The van der Waals surface area contributed by atoms with Gasteiger partial charge in [-0.25, -0.2) is 9.98 Å². The maximum absolute atomic E-state index is 13.0. The topological polar surface area (TPSA) is 104 Å². The van der Waals surface area contributed by atoms with E-state index in [1.807, 2.05) is 31.2 Å². The highest BCUT2D eigenvalue weighted by Gasteiger charge is 2.29. The van der Waals surface area contributed by atoms with Crippen LogP contribution in [0.25, 0.3) is 0 Å². The number of benzene rings is 1. The summed E-state index contributed by atoms with van der Waals surface area (Å²) < 4.78 is 5.07. The highest BCUT2D eigenvalue weighted by molar-refractivity contribution is 7.99. The number of methoxy groups -OCH3 is 1. The average molecular weight is 465 g/mol. The number of allylic oxidation sites excluding steroid dienone is 1. The molecule has 0 saturated heterocycles. The lowest BCUT2D eigenvalue weighted by Crippen LogP contribution is -2.26. The van der Waals surface area contributed by atoms with E-state index in [1.165, 1.54) is 18.1 Å². The van der Waals surface area contributed by atoms with Crippen molar-refractivity contribution < 1.29 is 14.3 Å². The van der Waals surface area contributed by atoms with Crippen LogP contribution in [0.2, 0.25) is 0 Å². The lowest BCUT2D eigenvalue weighted by Gasteiger charge is -2.22. The number of carbonyl (C=O) groups is 2. The summed E-state index contributed by atoms with van der Waals surface area (Å²) in [5, 5.41) is 9.99. The predicted octanol–water partition coefficient (Wildman–Crippen LogP) is 4.64. The zero-order valence-corrected chi connectivity index (χ0v) is 19.9. The number of hydrogen-bond donors (Lipinski definition) is 2. The number of aromatic nitrogens is 1. The fourth-order valence-corrected chi connectivity index (χ4v) is 4.37. The number of nitrogens with one attached hydrogen (secondary N) is 2. The Morgan fingerprint density at radius 3 is 2.79 bits per heavy atom. The Morgan fingerprint density at radius 1 is 1.36 bits per heavy atom. The van der Waals surface area contributed by atoms with E-state index in [-0.39, 0.29) is 29.9 Å². The largest absolute Gasteiger partial charge is 0.481 e. The van der Waals surface area contributed by atoms with E-state index in [9.17, 15) is 9.59 Å². The zero-order valence-electron chi connectivity index (χ0n) is 19.1. The van der Waals surface area contributed by atoms with Crippen LogP contribution in [0.1, 0.15) is 40.5 Å². The fourth-order valence-electron chi connectivity index (χ4n) is 3.71. The second kappa shape index (κ2) is 11.6. The molecule has 0 fully saturated rings. The van der Waals surface area contributed by atoms with Crippen molar-refractivity contribution >= 4 is 41.7 Å². The van der Waals surface area contributed by atoms with Crippen LogP contribution in [0.4, 0.5) is 5.82 Å². The van der Waals surface area contributed by atoms with E-state index in [2.05, 4.69) is 22.2 Å². The van der Waals surface area contributed by atoms with Crippen molar-refractivity contribution in [1.82, 2.24) is 4.98 Å². The Balaban J connectivity index is 1.69. The summed E-state index contributed by atoms with van der Waals surface area (Å²) in [4.78, 5) is 35.5. The number of aryl methyl sites for hydroxylation is 2. The third-order valence-corrected chi connectivity index (χ3v) is 6.14. The quantitative estimate of drug-likeness (QED) is 0.320. The molecule has 33 heavy (non-hydrogen) atoms. The van der Waals surface area contributed by atoms with Crippen molar-refractivity contribution in [2.24, 2.45) is 10.9 Å². The Hall–Kier alpha value is -3.26. The summed E-state index contributed by atoms with van der Waals surface area (Å²) >= 11 is 1.76. The summed E-state index contributed by atoms with van der Waals surface area (Å²) in [5.41, 5.74) is 3.01. The molecule has 3 rings (SSSR count). The molecule has 0 spiro atoms. The number of Topliss-reactive ketones (excluding diaryl/α,β-unsaturated/α-hetero) is 1. The number of pyridine rings is 1. The molecule has 0 aliphatic heterocycles. The molecular weight excluding hydrogens is 436 g/mol. The number of fused-ring (bicyclic) bond motifs is 1. The van der Waals surface area contributed by atoms with E-state index in [1.54, 1.807) is 24.0 Å². The number of anilines is 1. The molecule has 0 radical (unpaired) electrons. The summed E-state index contributed by atoms with van der Waals surface area (Å²) in [5.74, 6) is 1.18. The maximum atomic E-state index is 13.0. The number of amides is 1. The number of rotatable bonds is 9. The van der Waals surface area contributed by atoms with Crippen molar-refractivity contribution in [2.45, 2.75) is 38.0 Å². The number of thioether (sulfide) groups is 1. The molecule has 1 aromatic carbocycles. The minimum absolute atomic E-state index is 0.0433. The van der Waals surface area contributed by atoms with Crippen molar-refractivity contribution in [1.29, 1.82) is 5.41 Å². The minimum atomic E-state index is -0.378. The number of ketones is 1. The Morgan fingerprint density at radius 2 is 2.12 bits per heavy atom. The van der Waals surface area contributed by atoms with Crippen LogP contribution in [-0.2, 0) is 22.4 Å². The highest BCUT2D eigenvalue weighted by atomic mass is 32.2. The molecule has 1 aromatic heterocycles. The van der Waals surface area contributed by atoms with Gasteiger partial charge in [0.25, 0.3) is 0 Å². The number of carbonyl (C=O) groups excluding carboxylic acids is 2. The van der Waals surface area contributed by atoms with Crippen LogP contribution in [-0.4, -0.2) is 42.0 Å². The van der Waals surface area contributed by atoms with E-state index < -0.39 is 0 Å². The van der Waals surface area contributed by atoms with Crippen molar-refractivity contribution in [2.75, 3.05) is 18.2 Å². The molecule has 2 aromatic rings. The first kappa shape index (κ1) is 24.4. The summed E-state index contributed by atoms with van der Waals surface area (Å²) in [6.07, 6.45) is 5.51. The van der Waals surface area contributed by atoms with Crippen molar-refractivity contribution in [3.05, 3.63) is 64.7 Å².